The Morgan fingerprint density at radius 1 is 0.939 bits per heavy atom. The summed E-state index contributed by atoms with van der Waals surface area (Å²) in [4.78, 5) is 28.8. The average molecular weight is 437 g/mol. The van der Waals surface area contributed by atoms with Gasteiger partial charge in [-0.3, -0.25) is 9.59 Å². The smallest absolute Gasteiger partial charge is 0.268 e. The maximum atomic E-state index is 13.1. The number of ether oxygens (including phenoxy) is 1. The Morgan fingerprint density at radius 2 is 1.76 bits per heavy atom. The second-order valence-electron chi connectivity index (χ2n) is 8.85. The maximum absolute atomic E-state index is 13.1. The number of anilines is 1. The van der Waals surface area contributed by atoms with E-state index < -0.39 is 0 Å². The van der Waals surface area contributed by atoms with E-state index in [9.17, 15) is 9.59 Å². The number of rotatable bonds is 4. The lowest BCUT2D eigenvalue weighted by molar-refractivity contribution is 0.0892. The number of hydrogen-bond acceptors (Lipinski definition) is 3. The molecule has 33 heavy (non-hydrogen) atoms. The molecule has 0 atom stereocenters. The molecule has 1 aliphatic carbocycles. The molecule has 2 aliphatic rings. The number of amides is 2. The van der Waals surface area contributed by atoms with Gasteiger partial charge in [-0.05, 0) is 60.9 Å². The first-order chi connectivity index (χ1) is 16.1. The highest BCUT2D eigenvalue weighted by atomic mass is 16.5. The first-order valence-electron chi connectivity index (χ1n) is 11.2. The van der Waals surface area contributed by atoms with E-state index in [0.29, 0.717) is 29.2 Å². The van der Waals surface area contributed by atoms with Crippen LogP contribution in [0.25, 0.3) is 10.9 Å². The molecule has 0 radical (unpaired) electrons. The summed E-state index contributed by atoms with van der Waals surface area (Å²) in [5.74, 6) is 1.11. The molecular weight excluding hydrogens is 414 g/mol. The molecule has 3 aromatic carbocycles. The third-order valence-corrected chi connectivity index (χ3v) is 6.79. The predicted molar refractivity (Wildman–Crippen MR) is 127 cm³/mol. The van der Waals surface area contributed by atoms with Crippen LogP contribution < -0.4 is 15.4 Å². The highest BCUT2D eigenvalue weighted by Gasteiger charge is 2.46. The second-order valence-corrected chi connectivity index (χ2v) is 8.85. The molecule has 6 nitrogen and oxygen atoms in total. The summed E-state index contributed by atoms with van der Waals surface area (Å²) in [5, 5.41) is 6.96. The lowest BCUT2D eigenvalue weighted by Gasteiger charge is -2.45. The minimum absolute atomic E-state index is 0.0142. The van der Waals surface area contributed by atoms with Gasteiger partial charge in [-0.2, -0.15) is 0 Å². The second kappa shape index (κ2) is 7.52. The Kier molecular flexibility index (Phi) is 4.47. The molecular formula is C27H23N3O3. The zero-order valence-corrected chi connectivity index (χ0v) is 18.0. The van der Waals surface area contributed by atoms with Gasteiger partial charge in [0, 0.05) is 40.2 Å². The number of hydrogen-bond donors (Lipinski definition) is 3. The van der Waals surface area contributed by atoms with E-state index in [1.165, 1.54) is 0 Å². The summed E-state index contributed by atoms with van der Waals surface area (Å²) in [7, 11) is 0. The highest BCUT2D eigenvalue weighted by Crippen LogP contribution is 2.49. The summed E-state index contributed by atoms with van der Waals surface area (Å²) in [5.41, 5.74) is 3.79. The van der Waals surface area contributed by atoms with Gasteiger partial charge in [-0.25, -0.2) is 0 Å². The fraction of sp³-hybridized carbons (Fsp3) is 0.185. The number of benzene rings is 3. The number of H-pyrrole nitrogens is 1. The van der Waals surface area contributed by atoms with Crippen LogP contribution in [0.15, 0.2) is 72.8 Å². The maximum Gasteiger partial charge on any atom is 0.268 e. The van der Waals surface area contributed by atoms with Crippen LogP contribution in [0.2, 0.25) is 0 Å². The number of aromatic amines is 1. The van der Waals surface area contributed by atoms with E-state index in [4.69, 9.17) is 4.74 Å². The minimum Gasteiger partial charge on any atom is -0.457 e. The molecule has 1 spiro atoms. The van der Waals surface area contributed by atoms with Gasteiger partial charge in [0.2, 0.25) is 0 Å². The van der Waals surface area contributed by atoms with Gasteiger partial charge in [-0.1, -0.05) is 30.7 Å². The first-order valence-corrected chi connectivity index (χ1v) is 11.2. The van der Waals surface area contributed by atoms with Crippen LogP contribution in [-0.2, 0) is 5.41 Å². The standard InChI is InChI=1S/C27H23N3O3/c31-25(29-18-6-4-9-20(15-18)33-19-7-2-1-3-8-19)17-10-11-22-21(14-17)23-24(30-22)26(32)28-16-27(23)12-5-13-27/h1-4,6-11,14-15,30H,5,12-13,16H2,(H,28,32)(H,29,31). The molecule has 6 heteroatoms. The predicted octanol–water partition coefficient (Wildman–Crippen LogP) is 5.38. The average Bonchev–Trinajstić information content (AvgIpc) is 3.19. The van der Waals surface area contributed by atoms with Crippen LogP contribution in [0.4, 0.5) is 5.69 Å². The normalized spacial score (nSPS) is 16.1. The molecule has 6 rings (SSSR count). The fourth-order valence-corrected chi connectivity index (χ4v) is 4.98. The third kappa shape index (κ3) is 3.35. The largest absolute Gasteiger partial charge is 0.457 e. The van der Waals surface area contributed by atoms with Crippen molar-refractivity contribution in [2.75, 3.05) is 11.9 Å². The molecule has 1 aromatic heterocycles. The SMILES string of the molecule is O=C(Nc1cccc(Oc2ccccc2)c1)c1ccc2[nH]c3c(c2c1)C1(CCC1)CNC3=O. The van der Waals surface area contributed by atoms with Crippen LogP contribution in [0.5, 0.6) is 11.5 Å². The number of para-hydroxylation sites is 1. The van der Waals surface area contributed by atoms with Gasteiger partial charge in [0.05, 0.1) is 0 Å². The Hall–Kier alpha value is -4.06. The van der Waals surface area contributed by atoms with E-state index in [1.807, 2.05) is 60.7 Å². The van der Waals surface area contributed by atoms with Crippen LogP contribution in [-0.4, -0.2) is 23.3 Å². The van der Waals surface area contributed by atoms with Crippen molar-refractivity contribution in [3.63, 3.8) is 0 Å². The molecule has 2 heterocycles. The van der Waals surface area contributed by atoms with Crippen molar-refractivity contribution in [3.05, 3.63) is 89.6 Å². The van der Waals surface area contributed by atoms with E-state index in [2.05, 4.69) is 15.6 Å². The molecule has 1 saturated carbocycles. The molecule has 164 valence electrons. The van der Waals surface area contributed by atoms with Crippen molar-refractivity contribution < 1.29 is 14.3 Å². The molecule has 2 amide bonds. The highest BCUT2D eigenvalue weighted by molar-refractivity contribution is 6.09. The van der Waals surface area contributed by atoms with Gasteiger partial charge in [-0.15, -0.1) is 0 Å². The van der Waals surface area contributed by atoms with Gasteiger partial charge >= 0.3 is 0 Å². The van der Waals surface area contributed by atoms with E-state index in [0.717, 1.165) is 41.5 Å². The van der Waals surface area contributed by atoms with Gasteiger partial charge in [0.1, 0.15) is 17.2 Å². The van der Waals surface area contributed by atoms with Gasteiger partial charge in [0.25, 0.3) is 11.8 Å². The monoisotopic (exact) mass is 437 g/mol. The lowest BCUT2D eigenvalue weighted by atomic mass is 9.62. The summed E-state index contributed by atoms with van der Waals surface area (Å²) in [6.45, 7) is 0.663. The summed E-state index contributed by atoms with van der Waals surface area (Å²) in [6, 6.07) is 22.4. The Morgan fingerprint density at radius 3 is 2.55 bits per heavy atom. The van der Waals surface area contributed by atoms with Crippen molar-refractivity contribution in [2.24, 2.45) is 0 Å². The number of aromatic nitrogens is 1. The van der Waals surface area contributed by atoms with Crippen molar-refractivity contribution in [1.29, 1.82) is 0 Å². The first kappa shape index (κ1) is 19.6. The molecule has 3 N–H and O–H groups in total. The van der Waals surface area contributed by atoms with Crippen LogP contribution >= 0.6 is 0 Å². The van der Waals surface area contributed by atoms with E-state index in [-0.39, 0.29) is 17.2 Å². The van der Waals surface area contributed by atoms with Crippen LogP contribution in [0.1, 0.15) is 45.7 Å². The zero-order chi connectivity index (χ0) is 22.4. The number of nitrogens with one attached hydrogen (secondary N) is 3. The van der Waals surface area contributed by atoms with Crippen molar-refractivity contribution >= 4 is 28.4 Å². The molecule has 0 unspecified atom stereocenters. The fourth-order valence-electron chi connectivity index (χ4n) is 4.98. The van der Waals surface area contributed by atoms with Crippen LogP contribution in [0.3, 0.4) is 0 Å². The molecule has 4 aromatic rings. The van der Waals surface area contributed by atoms with Crippen molar-refractivity contribution in [2.45, 2.75) is 24.7 Å². The molecule has 1 fully saturated rings. The lowest BCUT2D eigenvalue weighted by Crippen LogP contribution is -2.50. The molecule has 0 bridgehead atoms. The minimum atomic E-state index is -0.202. The van der Waals surface area contributed by atoms with E-state index in [1.54, 1.807) is 12.1 Å². The Bertz CT molecular complexity index is 1390. The quantitative estimate of drug-likeness (QED) is 0.401. The molecule has 1 aliphatic heterocycles. The van der Waals surface area contributed by atoms with Gasteiger partial charge < -0.3 is 20.4 Å². The van der Waals surface area contributed by atoms with Crippen LogP contribution in [0, 0.1) is 0 Å². The third-order valence-electron chi connectivity index (χ3n) is 6.79. The number of carbonyl (C=O) groups excluding carboxylic acids is 2. The number of fused-ring (bicyclic) bond motifs is 4. The Labute approximate surface area is 191 Å². The van der Waals surface area contributed by atoms with E-state index >= 15 is 0 Å². The number of carbonyl (C=O) groups is 2. The zero-order valence-electron chi connectivity index (χ0n) is 18.0. The Balaban J connectivity index is 1.29. The summed E-state index contributed by atoms with van der Waals surface area (Å²) >= 11 is 0. The topological polar surface area (TPSA) is 83.2 Å². The summed E-state index contributed by atoms with van der Waals surface area (Å²) in [6.07, 6.45) is 3.26. The summed E-state index contributed by atoms with van der Waals surface area (Å²) < 4.78 is 5.87. The van der Waals surface area contributed by atoms with Crippen molar-refractivity contribution in [1.82, 2.24) is 10.3 Å². The van der Waals surface area contributed by atoms with Gasteiger partial charge in [0.15, 0.2) is 0 Å². The molecule has 0 saturated heterocycles. The van der Waals surface area contributed by atoms with Crippen molar-refractivity contribution in [3.8, 4) is 11.5 Å².